The normalized spacial score (nSPS) is 13.1. The smallest absolute Gasteiger partial charge is 0.0159 e. The molecular formula is C55H38. The molecule has 11 rings (SSSR count). The van der Waals surface area contributed by atoms with Crippen LogP contribution in [-0.4, -0.2) is 0 Å². The second-order valence-corrected chi connectivity index (χ2v) is 15.6. The molecule has 0 spiro atoms. The molecule has 10 aromatic carbocycles. The zero-order chi connectivity index (χ0) is 36.7. The molecule has 0 heteroatoms. The third kappa shape index (κ3) is 4.71. The third-order valence-electron chi connectivity index (χ3n) is 12.2. The molecule has 0 fully saturated rings. The number of hydrogen-bond donors (Lipinski definition) is 0. The molecule has 258 valence electrons. The van der Waals surface area contributed by atoms with Gasteiger partial charge in [-0.1, -0.05) is 196 Å². The zero-order valence-corrected chi connectivity index (χ0v) is 31.0. The van der Waals surface area contributed by atoms with Gasteiger partial charge in [-0.15, -0.1) is 0 Å². The lowest BCUT2D eigenvalue weighted by Crippen LogP contribution is -2.14. The van der Waals surface area contributed by atoms with Crippen LogP contribution in [0.3, 0.4) is 0 Å². The Labute approximate surface area is 322 Å². The van der Waals surface area contributed by atoms with Gasteiger partial charge in [-0.25, -0.2) is 0 Å². The van der Waals surface area contributed by atoms with Gasteiger partial charge in [0, 0.05) is 5.41 Å². The average Bonchev–Trinajstić information content (AvgIpc) is 3.47. The number of benzene rings is 10. The minimum absolute atomic E-state index is 0.0757. The first-order valence-electron chi connectivity index (χ1n) is 19.4. The van der Waals surface area contributed by atoms with Gasteiger partial charge in [0.2, 0.25) is 0 Å². The molecule has 0 atom stereocenters. The van der Waals surface area contributed by atoms with E-state index in [0.29, 0.717) is 0 Å². The molecule has 0 saturated heterocycles. The van der Waals surface area contributed by atoms with E-state index in [4.69, 9.17) is 0 Å². The first-order valence-corrected chi connectivity index (χ1v) is 19.4. The Morgan fingerprint density at radius 1 is 0.255 bits per heavy atom. The van der Waals surface area contributed by atoms with Crippen molar-refractivity contribution >= 4 is 43.1 Å². The Balaban J connectivity index is 1.21. The SMILES string of the molecule is CC1(C)c2ccccc2-c2ccc(-c3c4ccccc4c(-c4c5ccccc5c(-c5cccc(-c6ccccc6)c5)c5ccccc45)c4ccccc34)cc21. The van der Waals surface area contributed by atoms with Gasteiger partial charge in [-0.05, 0) is 122 Å². The lowest BCUT2D eigenvalue weighted by Gasteiger charge is -2.24. The molecule has 0 radical (unpaired) electrons. The van der Waals surface area contributed by atoms with Crippen LogP contribution in [0.25, 0.3) is 98.7 Å². The van der Waals surface area contributed by atoms with Gasteiger partial charge in [0.15, 0.2) is 0 Å². The van der Waals surface area contributed by atoms with Crippen LogP contribution in [0.2, 0.25) is 0 Å². The van der Waals surface area contributed by atoms with Crippen molar-refractivity contribution in [3.8, 4) is 55.6 Å². The zero-order valence-electron chi connectivity index (χ0n) is 31.0. The van der Waals surface area contributed by atoms with Gasteiger partial charge in [-0.2, -0.15) is 0 Å². The summed E-state index contributed by atoms with van der Waals surface area (Å²) in [6.45, 7) is 4.75. The summed E-state index contributed by atoms with van der Waals surface area (Å²) in [5.74, 6) is 0. The molecule has 0 N–H and O–H groups in total. The fourth-order valence-electron chi connectivity index (χ4n) is 9.76. The second-order valence-electron chi connectivity index (χ2n) is 15.6. The van der Waals surface area contributed by atoms with Gasteiger partial charge in [-0.3, -0.25) is 0 Å². The van der Waals surface area contributed by atoms with E-state index in [9.17, 15) is 0 Å². The van der Waals surface area contributed by atoms with E-state index >= 15 is 0 Å². The number of rotatable bonds is 4. The Kier molecular flexibility index (Phi) is 7.00. The molecule has 55 heavy (non-hydrogen) atoms. The summed E-state index contributed by atoms with van der Waals surface area (Å²) in [5, 5.41) is 10.2. The highest BCUT2D eigenvalue weighted by Gasteiger charge is 2.35. The maximum atomic E-state index is 2.48. The molecule has 0 nitrogen and oxygen atoms in total. The predicted octanol–water partition coefficient (Wildman–Crippen LogP) is 15.3. The van der Waals surface area contributed by atoms with Crippen molar-refractivity contribution in [3.05, 3.63) is 205 Å². The first kappa shape index (κ1) is 31.7. The van der Waals surface area contributed by atoms with Gasteiger partial charge in [0.05, 0.1) is 0 Å². The molecule has 10 aromatic rings. The fourth-order valence-corrected chi connectivity index (χ4v) is 9.76. The molecule has 0 saturated carbocycles. The molecule has 0 unspecified atom stereocenters. The van der Waals surface area contributed by atoms with Crippen LogP contribution < -0.4 is 0 Å². The summed E-state index contributed by atoms with van der Waals surface area (Å²) in [6.07, 6.45) is 0. The van der Waals surface area contributed by atoms with Crippen LogP contribution in [0, 0.1) is 0 Å². The number of hydrogen-bond acceptors (Lipinski definition) is 0. The summed E-state index contributed by atoms with van der Waals surface area (Å²) in [5.41, 5.74) is 15.5. The second kappa shape index (κ2) is 12.1. The summed E-state index contributed by atoms with van der Waals surface area (Å²) in [7, 11) is 0. The molecule has 1 aliphatic carbocycles. The van der Waals surface area contributed by atoms with Crippen molar-refractivity contribution in [2.24, 2.45) is 0 Å². The lowest BCUT2D eigenvalue weighted by molar-refractivity contribution is 0.660. The minimum atomic E-state index is -0.0757. The molecule has 1 aliphatic rings. The van der Waals surface area contributed by atoms with Gasteiger partial charge in [0.25, 0.3) is 0 Å². The summed E-state index contributed by atoms with van der Waals surface area (Å²) >= 11 is 0. The Morgan fingerprint density at radius 2 is 0.636 bits per heavy atom. The topological polar surface area (TPSA) is 0 Å². The Morgan fingerprint density at radius 3 is 1.16 bits per heavy atom. The predicted molar refractivity (Wildman–Crippen MR) is 236 cm³/mol. The van der Waals surface area contributed by atoms with Crippen molar-refractivity contribution in [2.75, 3.05) is 0 Å². The summed E-state index contributed by atoms with van der Waals surface area (Å²) in [4.78, 5) is 0. The average molecular weight is 699 g/mol. The maximum Gasteiger partial charge on any atom is 0.0159 e. The van der Waals surface area contributed by atoms with Crippen LogP contribution in [0.15, 0.2) is 194 Å². The van der Waals surface area contributed by atoms with Crippen molar-refractivity contribution in [1.29, 1.82) is 0 Å². The van der Waals surface area contributed by atoms with Crippen LogP contribution in [-0.2, 0) is 5.41 Å². The largest absolute Gasteiger partial charge is 0.0622 e. The summed E-state index contributed by atoms with van der Waals surface area (Å²) < 4.78 is 0. The highest BCUT2D eigenvalue weighted by Crippen LogP contribution is 2.53. The monoisotopic (exact) mass is 698 g/mol. The molecule has 0 aliphatic heterocycles. The minimum Gasteiger partial charge on any atom is -0.0622 e. The molecule has 0 heterocycles. The van der Waals surface area contributed by atoms with E-state index in [-0.39, 0.29) is 5.41 Å². The van der Waals surface area contributed by atoms with Gasteiger partial charge >= 0.3 is 0 Å². The maximum absolute atomic E-state index is 2.48. The molecular weight excluding hydrogens is 661 g/mol. The molecule has 0 amide bonds. The van der Waals surface area contributed by atoms with Gasteiger partial charge < -0.3 is 0 Å². The van der Waals surface area contributed by atoms with Gasteiger partial charge in [0.1, 0.15) is 0 Å². The standard InChI is InChI=1S/C55H38/c1-55(2)49-30-15-14-21-39(49)40-32-31-38(34-50(40)55)52-43-24-8-12-28-47(43)54(48-29-13-9-25-44(48)52)53-45-26-10-6-22-41(45)51(42-23-7-11-27-46(42)53)37-20-16-19-36(33-37)35-17-4-3-5-18-35/h3-34H,1-2H3. The van der Waals surface area contributed by atoms with E-state index in [1.165, 1.54) is 110 Å². The lowest BCUT2D eigenvalue weighted by atomic mass is 9.79. The van der Waals surface area contributed by atoms with E-state index < -0.39 is 0 Å². The van der Waals surface area contributed by atoms with E-state index in [1.54, 1.807) is 0 Å². The van der Waals surface area contributed by atoms with Crippen molar-refractivity contribution in [2.45, 2.75) is 19.3 Å². The van der Waals surface area contributed by atoms with Crippen LogP contribution in [0.5, 0.6) is 0 Å². The van der Waals surface area contributed by atoms with Crippen LogP contribution >= 0.6 is 0 Å². The quantitative estimate of drug-likeness (QED) is 0.161. The highest BCUT2D eigenvalue weighted by molar-refractivity contribution is 6.30. The number of fused-ring (bicyclic) bond motifs is 7. The highest BCUT2D eigenvalue weighted by atomic mass is 14.4. The summed E-state index contributed by atoms with van der Waals surface area (Å²) in [6, 6.07) is 72.2. The Bertz CT molecular complexity index is 3050. The van der Waals surface area contributed by atoms with E-state index in [0.717, 1.165) is 0 Å². The third-order valence-corrected chi connectivity index (χ3v) is 12.2. The van der Waals surface area contributed by atoms with Crippen molar-refractivity contribution < 1.29 is 0 Å². The fraction of sp³-hybridized carbons (Fsp3) is 0.0545. The van der Waals surface area contributed by atoms with E-state index in [2.05, 4.69) is 208 Å². The van der Waals surface area contributed by atoms with Crippen molar-refractivity contribution in [3.63, 3.8) is 0 Å². The molecule has 0 aromatic heterocycles. The van der Waals surface area contributed by atoms with Crippen molar-refractivity contribution in [1.82, 2.24) is 0 Å². The molecule has 0 bridgehead atoms. The van der Waals surface area contributed by atoms with E-state index in [1.807, 2.05) is 0 Å². The first-order chi connectivity index (χ1) is 27.1. The van der Waals surface area contributed by atoms with Crippen LogP contribution in [0.1, 0.15) is 25.0 Å². The Hall–Kier alpha value is -6.76. The van der Waals surface area contributed by atoms with Crippen LogP contribution in [0.4, 0.5) is 0 Å².